The molecule has 0 radical (unpaired) electrons. The molecule has 0 bridgehead atoms. The summed E-state index contributed by atoms with van der Waals surface area (Å²) in [6.45, 7) is 1.92. The maximum Gasteiger partial charge on any atom is 0.167 e. The lowest BCUT2D eigenvalue weighted by molar-refractivity contribution is 0.0960. The predicted octanol–water partition coefficient (Wildman–Crippen LogP) is 3.51. The quantitative estimate of drug-likeness (QED) is 0.825. The van der Waals surface area contributed by atoms with Crippen LogP contribution in [0.4, 0.5) is 0 Å². The number of carbonyl (C=O) groups is 1. The zero-order valence-corrected chi connectivity index (χ0v) is 11.1. The first-order valence-corrected chi connectivity index (χ1v) is 6.43. The van der Waals surface area contributed by atoms with E-state index in [-0.39, 0.29) is 11.7 Å². The van der Waals surface area contributed by atoms with Crippen LogP contribution in [0.3, 0.4) is 0 Å². The SMILES string of the molecule is COc1ccc(C2CC(=O)c3c(C)coc3C2)cc1. The molecular weight excluding hydrogens is 240 g/mol. The van der Waals surface area contributed by atoms with Crippen molar-refractivity contribution in [3.05, 3.63) is 53.0 Å². The first-order valence-electron chi connectivity index (χ1n) is 6.43. The molecule has 1 aliphatic rings. The molecule has 1 atom stereocenters. The Bertz CT molecular complexity index is 607. The zero-order valence-electron chi connectivity index (χ0n) is 11.1. The zero-order chi connectivity index (χ0) is 13.4. The first-order chi connectivity index (χ1) is 9.19. The van der Waals surface area contributed by atoms with Crippen molar-refractivity contribution in [3.63, 3.8) is 0 Å². The van der Waals surface area contributed by atoms with E-state index in [1.165, 1.54) is 0 Å². The molecule has 0 amide bonds. The Labute approximate surface area is 112 Å². The number of Topliss-reactive ketones (excluding diaryl/α,β-unsaturated/α-hetero) is 1. The molecule has 0 saturated carbocycles. The summed E-state index contributed by atoms with van der Waals surface area (Å²) in [6.07, 6.45) is 3.03. The van der Waals surface area contributed by atoms with E-state index in [9.17, 15) is 4.79 Å². The van der Waals surface area contributed by atoms with Crippen molar-refractivity contribution in [1.82, 2.24) is 0 Å². The number of hydrogen-bond acceptors (Lipinski definition) is 3. The van der Waals surface area contributed by atoms with Crippen LogP contribution in [-0.4, -0.2) is 12.9 Å². The highest BCUT2D eigenvalue weighted by Crippen LogP contribution is 2.35. The average Bonchev–Trinajstić information content (AvgIpc) is 2.81. The Hall–Kier alpha value is -2.03. The van der Waals surface area contributed by atoms with Gasteiger partial charge in [0.15, 0.2) is 5.78 Å². The number of benzene rings is 1. The van der Waals surface area contributed by atoms with E-state index in [1.807, 2.05) is 31.2 Å². The summed E-state index contributed by atoms with van der Waals surface area (Å²) >= 11 is 0. The predicted molar refractivity (Wildman–Crippen MR) is 71.8 cm³/mol. The summed E-state index contributed by atoms with van der Waals surface area (Å²) in [4.78, 5) is 12.2. The third-order valence-electron chi connectivity index (χ3n) is 3.78. The Morgan fingerprint density at radius 1 is 1.21 bits per heavy atom. The fourth-order valence-electron chi connectivity index (χ4n) is 2.76. The van der Waals surface area contributed by atoms with E-state index >= 15 is 0 Å². The second-order valence-corrected chi connectivity index (χ2v) is 5.02. The third-order valence-corrected chi connectivity index (χ3v) is 3.78. The summed E-state index contributed by atoms with van der Waals surface area (Å²) in [5.74, 6) is 2.06. The van der Waals surface area contributed by atoms with Gasteiger partial charge in [-0.1, -0.05) is 12.1 Å². The van der Waals surface area contributed by atoms with Crippen molar-refractivity contribution in [3.8, 4) is 5.75 Å². The van der Waals surface area contributed by atoms with Gasteiger partial charge in [-0.25, -0.2) is 0 Å². The van der Waals surface area contributed by atoms with Gasteiger partial charge >= 0.3 is 0 Å². The first kappa shape index (κ1) is 12.0. The second kappa shape index (κ2) is 4.57. The average molecular weight is 256 g/mol. The Balaban J connectivity index is 1.90. The molecule has 98 valence electrons. The lowest BCUT2D eigenvalue weighted by atomic mass is 9.82. The highest BCUT2D eigenvalue weighted by atomic mass is 16.5. The molecule has 0 saturated heterocycles. The van der Waals surface area contributed by atoms with Gasteiger partial charge in [0.1, 0.15) is 11.5 Å². The van der Waals surface area contributed by atoms with Gasteiger partial charge in [-0.15, -0.1) is 0 Å². The molecule has 0 N–H and O–H groups in total. The van der Waals surface area contributed by atoms with Gasteiger partial charge in [-0.3, -0.25) is 4.79 Å². The molecule has 1 aromatic carbocycles. The number of rotatable bonds is 2. The van der Waals surface area contributed by atoms with Crippen LogP contribution in [0.15, 0.2) is 34.9 Å². The molecule has 1 unspecified atom stereocenters. The fraction of sp³-hybridized carbons (Fsp3) is 0.312. The fourth-order valence-corrected chi connectivity index (χ4v) is 2.76. The minimum atomic E-state index is 0.188. The van der Waals surface area contributed by atoms with E-state index in [1.54, 1.807) is 13.4 Å². The molecule has 0 aliphatic heterocycles. The van der Waals surface area contributed by atoms with Crippen LogP contribution in [-0.2, 0) is 6.42 Å². The Morgan fingerprint density at radius 3 is 2.63 bits per heavy atom. The van der Waals surface area contributed by atoms with Gasteiger partial charge in [-0.2, -0.15) is 0 Å². The summed E-state index contributed by atoms with van der Waals surface area (Å²) in [7, 11) is 1.65. The number of ketones is 1. The normalized spacial score (nSPS) is 18.2. The molecule has 1 heterocycles. The smallest absolute Gasteiger partial charge is 0.167 e. The number of aryl methyl sites for hydroxylation is 1. The summed E-state index contributed by atoms with van der Waals surface area (Å²) in [5.41, 5.74) is 2.91. The maximum atomic E-state index is 12.2. The standard InChI is InChI=1S/C16H16O3/c1-10-9-19-15-8-12(7-14(17)16(10)15)11-3-5-13(18-2)6-4-11/h3-6,9,12H,7-8H2,1-2H3. The molecule has 1 aliphatic carbocycles. The van der Waals surface area contributed by atoms with Crippen molar-refractivity contribution in [2.75, 3.05) is 7.11 Å². The number of furan rings is 1. The van der Waals surface area contributed by atoms with Gasteiger partial charge in [0, 0.05) is 12.8 Å². The van der Waals surface area contributed by atoms with Crippen molar-refractivity contribution in [2.45, 2.75) is 25.7 Å². The van der Waals surface area contributed by atoms with E-state index in [4.69, 9.17) is 9.15 Å². The van der Waals surface area contributed by atoms with E-state index in [0.29, 0.717) is 6.42 Å². The molecule has 3 nitrogen and oxygen atoms in total. The highest BCUT2D eigenvalue weighted by molar-refractivity contribution is 5.99. The molecule has 1 aromatic heterocycles. The minimum absolute atomic E-state index is 0.188. The largest absolute Gasteiger partial charge is 0.497 e. The van der Waals surface area contributed by atoms with E-state index in [2.05, 4.69) is 0 Å². The number of methoxy groups -OCH3 is 1. The van der Waals surface area contributed by atoms with Gasteiger partial charge in [0.2, 0.25) is 0 Å². The number of fused-ring (bicyclic) bond motifs is 1. The summed E-state index contributed by atoms with van der Waals surface area (Å²) in [5, 5.41) is 0. The van der Waals surface area contributed by atoms with Gasteiger partial charge in [0.25, 0.3) is 0 Å². The highest BCUT2D eigenvalue weighted by Gasteiger charge is 2.30. The minimum Gasteiger partial charge on any atom is -0.497 e. The third kappa shape index (κ3) is 2.05. The molecule has 3 rings (SSSR count). The second-order valence-electron chi connectivity index (χ2n) is 5.02. The topological polar surface area (TPSA) is 39.4 Å². The van der Waals surface area contributed by atoms with Gasteiger partial charge < -0.3 is 9.15 Å². The van der Waals surface area contributed by atoms with Crippen LogP contribution in [0.5, 0.6) is 5.75 Å². The van der Waals surface area contributed by atoms with E-state index < -0.39 is 0 Å². The van der Waals surface area contributed by atoms with Crippen LogP contribution in [0.1, 0.15) is 39.6 Å². The van der Waals surface area contributed by atoms with Gasteiger partial charge in [0.05, 0.1) is 18.9 Å². The summed E-state index contributed by atoms with van der Waals surface area (Å²) in [6, 6.07) is 7.92. The van der Waals surface area contributed by atoms with Crippen molar-refractivity contribution in [1.29, 1.82) is 0 Å². The number of hydrogen-bond donors (Lipinski definition) is 0. The van der Waals surface area contributed by atoms with Crippen molar-refractivity contribution >= 4 is 5.78 Å². The van der Waals surface area contributed by atoms with Crippen LogP contribution in [0.2, 0.25) is 0 Å². The van der Waals surface area contributed by atoms with Crippen LogP contribution in [0.25, 0.3) is 0 Å². The van der Waals surface area contributed by atoms with Crippen LogP contribution >= 0.6 is 0 Å². The van der Waals surface area contributed by atoms with Gasteiger partial charge in [-0.05, 0) is 36.1 Å². The molecule has 19 heavy (non-hydrogen) atoms. The molecule has 0 fully saturated rings. The molecule has 3 heteroatoms. The summed E-state index contributed by atoms with van der Waals surface area (Å²) < 4.78 is 10.7. The maximum absolute atomic E-state index is 12.2. The Morgan fingerprint density at radius 2 is 1.95 bits per heavy atom. The molecule has 0 spiro atoms. The Kier molecular flexibility index (Phi) is 2.90. The van der Waals surface area contributed by atoms with Crippen molar-refractivity contribution < 1.29 is 13.9 Å². The van der Waals surface area contributed by atoms with Crippen LogP contribution < -0.4 is 4.74 Å². The number of ether oxygens (including phenoxy) is 1. The molecular formula is C16H16O3. The number of carbonyl (C=O) groups excluding carboxylic acids is 1. The van der Waals surface area contributed by atoms with Crippen LogP contribution in [0, 0.1) is 6.92 Å². The lowest BCUT2D eigenvalue weighted by Gasteiger charge is -2.21. The lowest BCUT2D eigenvalue weighted by Crippen LogP contribution is -2.18. The molecule has 2 aromatic rings. The monoisotopic (exact) mass is 256 g/mol. The van der Waals surface area contributed by atoms with E-state index in [0.717, 1.165) is 34.6 Å². The van der Waals surface area contributed by atoms with Crippen molar-refractivity contribution in [2.24, 2.45) is 0 Å².